The van der Waals surface area contributed by atoms with Crippen molar-refractivity contribution in [1.82, 2.24) is 0 Å². The van der Waals surface area contributed by atoms with Gasteiger partial charge in [0.2, 0.25) is 0 Å². The normalized spacial score (nSPS) is 13.2. The van der Waals surface area contributed by atoms with E-state index in [2.05, 4.69) is 18.2 Å². The summed E-state index contributed by atoms with van der Waals surface area (Å²) in [6.07, 6.45) is 0. The summed E-state index contributed by atoms with van der Waals surface area (Å²) in [5.74, 6) is 0.365. The first-order valence-corrected chi connectivity index (χ1v) is 7.18. The Kier molecular flexibility index (Phi) is 2.42. The molecule has 0 amide bonds. The topological polar surface area (TPSA) is 49.4 Å². The largest absolute Gasteiger partial charge is 0.740 e. The van der Waals surface area contributed by atoms with Gasteiger partial charge in [-0.3, -0.25) is 0 Å². The lowest BCUT2D eigenvalue weighted by Gasteiger charge is -2.14. The third-order valence-electron chi connectivity index (χ3n) is 3.65. The molecular formula is C16H9O3S-. The van der Waals surface area contributed by atoms with Crippen molar-refractivity contribution in [3.8, 4) is 5.75 Å². The summed E-state index contributed by atoms with van der Waals surface area (Å²) >= 11 is -2.57. The summed E-state index contributed by atoms with van der Waals surface area (Å²) in [4.78, 5) is 0. The molecule has 1 unspecified atom stereocenters. The molecule has 0 aromatic heterocycles. The number of hydrogen-bond donors (Lipinski definition) is 0. The highest BCUT2D eigenvalue weighted by atomic mass is 32.2. The second-order valence-corrected chi connectivity index (χ2v) is 5.28. The van der Waals surface area contributed by atoms with E-state index in [1.807, 2.05) is 30.3 Å². The lowest BCUT2D eigenvalue weighted by molar-refractivity contribution is 0.442. The van der Waals surface area contributed by atoms with Crippen molar-refractivity contribution in [2.24, 2.45) is 0 Å². The van der Waals surface area contributed by atoms with E-state index in [0.29, 0.717) is 5.75 Å². The molecule has 4 aromatic carbocycles. The minimum atomic E-state index is -2.57. The van der Waals surface area contributed by atoms with Crippen LogP contribution in [0.3, 0.4) is 0 Å². The van der Waals surface area contributed by atoms with Crippen LogP contribution in [0.25, 0.3) is 32.3 Å². The van der Waals surface area contributed by atoms with Crippen LogP contribution >= 0.6 is 0 Å². The molecule has 0 bridgehead atoms. The average molecular weight is 281 g/mol. The smallest absolute Gasteiger partial charge is 0.147 e. The average Bonchev–Trinajstić information content (AvgIpc) is 2.46. The minimum absolute atomic E-state index is 0.365. The van der Waals surface area contributed by atoms with E-state index in [1.54, 1.807) is 6.07 Å². The number of rotatable bonds is 2. The van der Waals surface area contributed by atoms with Crippen LogP contribution < -0.4 is 4.18 Å². The van der Waals surface area contributed by atoms with Crippen LogP contribution in [0.5, 0.6) is 5.75 Å². The molecule has 0 aliphatic heterocycles. The van der Waals surface area contributed by atoms with E-state index in [1.165, 1.54) is 0 Å². The third-order valence-corrected chi connectivity index (χ3v) is 3.96. The molecule has 0 N–H and O–H groups in total. The molecule has 0 saturated heterocycles. The third kappa shape index (κ3) is 1.59. The second kappa shape index (κ2) is 4.16. The molecule has 0 spiro atoms. The Labute approximate surface area is 117 Å². The van der Waals surface area contributed by atoms with Crippen molar-refractivity contribution in [2.75, 3.05) is 0 Å². The minimum Gasteiger partial charge on any atom is -0.740 e. The Bertz CT molecular complexity index is 946. The van der Waals surface area contributed by atoms with Gasteiger partial charge in [0, 0.05) is 10.8 Å². The van der Waals surface area contributed by atoms with Gasteiger partial charge in [0.1, 0.15) is 17.1 Å². The second-order valence-electron chi connectivity index (χ2n) is 4.71. The van der Waals surface area contributed by atoms with Gasteiger partial charge in [-0.15, -0.1) is 0 Å². The summed E-state index contributed by atoms with van der Waals surface area (Å²) in [5, 5.41) is 6.36. The quantitative estimate of drug-likeness (QED) is 0.415. The van der Waals surface area contributed by atoms with Gasteiger partial charge in [-0.25, -0.2) is 4.21 Å². The maximum absolute atomic E-state index is 10.8. The maximum Gasteiger partial charge on any atom is 0.147 e. The molecule has 98 valence electrons. The molecular weight excluding hydrogens is 272 g/mol. The van der Waals surface area contributed by atoms with Gasteiger partial charge in [-0.2, -0.15) is 0 Å². The van der Waals surface area contributed by atoms with Crippen LogP contribution in [0.1, 0.15) is 0 Å². The Morgan fingerprint density at radius 1 is 0.800 bits per heavy atom. The molecule has 0 radical (unpaired) electrons. The van der Waals surface area contributed by atoms with Gasteiger partial charge in [0.05, 0.1) is 0 Å². The number of hydrogen-bond acceptors (Lipinski definition) is 3. The number of benzene rings is 4. The summed E-state index contributed by atoms with van der Waals surface area (Å²) in [6, 6.07) is 17.7. The fraction of sp³-hybridized carbons (Fsp3) is 0. The summed E-state index contributed by atoms with van der Waals surface area (Å²) in [5.41, 5.74) is 0. The van der Waals surface area contributed by atoms with Crippen molar-refractivity contribution >= 4 is 43.7 Å². The molecule has 0 heterocycles. The van der Waals surface area contributed by atoms with Crippen molar-refractivity contribution in [3.05, 3.63) is 54.6 Å². The molecule has 0 aliphatic carbocycles. The highest BCUT2D eigenvalue weighted by molar-refractivity contribution is 7.74. The Hall–Kier alpha value is -2.17. The van der Waals surface area contributed by atoms with E-state index in [-0.39, 0.29) is 0 Å². The molecule has 3 nitrogen and oxygen atoms in total. The molecule has 1 atom stereocenters. The first-order valence-electron chi connectivity index (χ1n) is 6.18. The van der Waals surface area contributed by atoms with E-state index >= 15 is 0 Å². The van der Waals surface area contributed by atoms with Gasteiger partial charge >= 0.3 is 0 Å². The summed E-state index contributed by atoms with van der Waals surface area (Å²) in [6.45, 7) is 0. The zero-order valence-electron chi connectivity index (χ0n) is 10.3. The zero-order chi connectivity index (χ0) is 13.7. The highest BCUT2D eigenvalue weighted by Gasteiger charge is 2.11. The molecule has 4 rings (SSSR count). The van der Waals surface area contributed by atoms with E-state index < -0.39 is 11.4 Å². The summed E-state index contributed by atoms with van der Waals surface area (Å²) < 4.78 is 26.5. The SMILES string of the molecule is O=S([O-])Oc1ccc2ccc3cccc4ccc1c2c34. The van der Waals surface area contributed by atoms with Crippen molar-refractivity contribution in [1.29, 1.82) is 0 Å². The zero-order valence-corrected chi connectivity index (χ0v) is 11.1. The van der Waals surface area contributed by atoms with Gasteiger partial charge in [-0.1, -0.05) is 42.5 Å². The fourth-order valence-corrected chi connectivity index (χ4v) is 3.15. The monoisotopic (exact) mass is 281 g/mol. The maximum atomic E-state index is 10.8. The van der Waals surface area contributed by atoms with Crippen LogP contribution in [0.4, 0.5) is 0 Å². The van der Waals surface area contributed by atoms with Crippen LogP contribution in [0.15, 0.2) is 54.6 Å². The highest BCUT2D eigenvalue weighted by Crippen LogP contribution is 2.38. The predicted molar refractivity (Wildman–Crippen MR) is 79.7 cm³/mol. The Morgan fingerprint density at radius 3 is 2.10 bits per heavy atom. The van der Waals surface area contributed by atoms with Gasteiger partial charge < -0.3 is 8.74 Å². The van der Waals surface area contributed by atoms with E-state index in [4.69, 9.17) is 4.18 Å². The van der Waals surface area contributed by atoms with Gasteiger partial charge in [0.15, 0.2) is 0 Å². The van der Waals surface area contributed by atoms with E-state index in [9.17, 15) is 8.76 Å². The molecule has 4 aromatic rings. The first kappa shape index (κ1) is 11.6. The van der Waals surface area contributed by atoms with Crippen LogP contribution in [0.2, 0.25) is 0 Å². The Balaban J connectivity index is 2.23. The van der Waals surface area contributed by atoms with Crippen molar-refractivity contribution < 1.29 is 12.9 Å². The van der Waals surface area contributed by atoms with Gasteiger partial charge in [-0.05, 0) is 33.7 Å². The lowest BCUT2D eigenvalue weighted by Crippen LogP contribution is -1.98. The van der Waals surface area contributed by atoms with Gasteiger partial charge in [0.25, 0.3) is 0 Å². The first-order chi connectivity index (χ1) is 9.74. The van der Waals surface area contributed by atoms with Crippen molar-refractivity contribution in [2.45, 2.75) is 0 Å². The van der Waals surface area contributed by atoms with Crippen LogP contribution in [0, 0.1) is 0 Å². The molecule has 4 heteroatoms. The van der Waals surface area contributed by atoms with Crippen LogP contribution in [-0.2, 0) is 11.4 Å². The standard InChI is InChI=1S/C16H10O3S/c17-20(18)19-14-9-7-12-5-4-10-2-1-3-11-6-8-13(14)16(12)15(10)11/h1-9H,(H,17,18)/p-1. The summed E-state index contributed by atoms with van der Waals surface area (Å²) in [7, 11) is 0. The molecule has 0 fully saturated rings. The molecule has 0 aliphatic rings. The lowest BCUT2D eigenvalue weighted by atomic mass is 9.94. The van der Waals surface area contributed by atoms with Crippen LogP contribution in [-0.4, -0.2) is 8.76 Å². The van der Waals surface area contributed by atoms with Crippen molar-refractivity contribution in [3.63, 3.8) is 0 Å². The molecule has 0 saturated carbocycles. The fourth-order valence-electron chi connectivity index (χ4n) is 2.85. The van der Waals surface area contributed by atoms with E-state index in [0.717, 1.165) is 32.3 Å². The Morgan fingerprint density at radius 2 is 1.40 bits per heavy atom. The molecule has 20 heavy (non-hydrogen) atoms. The predicted octanol–water partition coefficient (Wildman–Crippen LogP) is 3.76.